The summed E-state index contributed by atoms with van der Waals surface area (Å²) in [5.74, 6) is 0.881. The Kier molecular flexibility index (Phi) is 5.80. The molecule has 1 aliphatic heterocycles. The summed E-state index contributed by atoms with van der Waals surface area (Å²) in [7, 11) is 0. The zero-order chi connectivity index (χ0) is 23.7. The van der Waals surface area contributed by atoms with Gasteiger partial charge < -0.3 is 15.3 Å². The molecule has 1 atom stereocenters. The van der Waals surface area contributed by atoms with Crippen LogP contribution in [0.3, 0.4) is 0 Å². The monoisotopic (exact) mass is 469 g/mol. The van der Waals surface area contributed by atoms with Crippen LogP contribution < -0.4 is 15.5 Å². The summed E-state index contributed by atoms with van der Waals surface area (Å²) < 4.78 is 38.9. The number of hydrogen-bond acceptors (Lipinski definition) is 7. The minimum atomic E-state index is -4.41. The van der Waals surface area contributed by atoms with Crippen LogP contribution in [0.2, 0.25) is 0 Å². The number of benzene rings is 1. The molecule has 5 rings (SSSR count). The number of anilines is 2. The molecule has 34 heavy (non-hydrogen) atoms. The van der Waals surface area contributed by atoms with Gasteiger partial charge in [-0.05, 0) is 42.8 Å². The molecular formula is C23H22F3N7O. The minimum Gasteiger partial charge on any atom is -0.361 e. The number of halogens is 3. The summed E-state index contributed by atoms with van der Waals surface area (Å²) >= 11 is 0. The fourth-order valence-corrected chi connectivity index (χ4v) is 3.74. The van der Waals surface area contributed by atoms with E-state index in [2.05, 4.69) is 25.4 Å². The smallest absolute Gasteiger partial charge is 0.361 e. The van der Waals surface area contributed by atoms with Crippen molar-refractivity contribution < 1.29 is 18.3 Å². The Morgan fingerprint density at radius 3 is 2.59 bits per heavy atom. The van der Waals surface area contributed by atoms with Gasteiger partial charge in [-0.3, -0.25) is 9.72 Å². The van der Waals surface area contributed by atoms with E-state index in [9.17, 15) is 18.3 Å². The van der Waals surface area contributed by atoms with Gasteiger partial charge in [0, 0.05) is 36.1 Å². The number of rotatable bonds is 7. The molecule has 176 valence electrons. The van der Waals surface area contributed by atoms with E-state index in [0.29, 0.717) is 11.3 Å². The van der Waals surface area contributed by atoms with Gasteiger partial charge in [-0.25, -0.2) is 4.98 Å². The second-order valence-electron chi connectivity index (χ2n) is 8.03. The SMILES string of the molecule is OC(NCC(F)(F)F)Nc1cccc(-c2cnc3cc(-c4ccc(N5CCC5)nn4)ccn23)c1. The van der Waals surface area contributed by atoms with E-state index >= 15 is 0 Å². The van der Waals surface area contributed by atoms with Gasteiger partial charge in [0.25, 0.3) is 0 Å². The number of hydrogen-bond donors (Lipinski definition) is 3. The Hall–Kier alpha value is -3.70. The van der Waals surface area contributed by atoms with Gasteiger partial charge in [-0.1, -0.05) is 12.1 Å². The zero-order valence-electron chi connectivity index (χ0n) is 18.0. The molecule has 0 amide bonds. The van der Waals surface area contributed by atoms with Crippen LogP contribution in [0.4, 0.5) is 24.7 Å². The molecule has 1 fully saturated rings. The molecule has 1 aromatic carbocycles. The maximum atomic E-state index is 12.3. The lowest BCUT2D eigenvalue weighted by molar-refractivity contribution is -0.130. The quantitative estimate of drug-likeness (QED) is 0.357. The first kappa shape index (κ1) is 22.1. The van der Waals surface area contributed by atoms with Crippen molar-refractivity contribution in [1.82, 2.24) is 24.9 Å². The molecule has 3 N–H and O–H groups in total. The molecule has 4 aromatic rings. The van der Waals surface area contributed by atoms with Crippen molar-refractivity contribution in [3.05, 3.63) is 60.9 Å². The average molecular weight is 469 g/mol. The molecule has 8 nitrogen and oxygen atoms in total. The lowest BCUT2D eigenvalue weighted by atomic mass is 10.1. The van der Waals surface area contributed by atoms with Crippen LogP contribution in [0.5, 0.6) is 0 Å². The van der Waals surface area contributed by atoms with Crippen LogP contribution in [-0.4, -0.2) is 56.9 Å². The fraction of sp³-hybridized carbons (Fsp3) is 0.261. The summed E-state index contributed by atoms with van der Waals surface area (Å²) in [6.07, 6.45) is -1.18. The molecule has 0 saturated carbocycles. The molecule has 4 heterocycles. The highest BCUT2D eigenvalue weighted by Crippen LogP contribution is 2.27. The number of aromatic nitrogens is 4. The van der Waals surface area contributed by atoms with E-state index in [1.807, 2.05) is 46.2 Å². The Labute approximate surface area is 193 Å². The molecule has 0 bridgehead atoms. The van der Waals surface area contributed by atoms with Crippen molar-refractivity contribution in [2.24, 2.45) is 0 Å². The highest BCUT2D eigenvalue weighted by molar-refractivity contribution is 5.71. The van der Waals surface area contributed by atoms with Crippen LogP contribution in [0.1, 0.15) is 6.42 Å². The van der Waals surface area contributed by atoms with Crippen molar-refractivity contribution >= 4 is 17.2 Å². The Bertz CT molecular complexity index is 1290. The van der Waals surface area contributed by atoms with Crippen LogP contribution in [0.15, 0.2) is 60.9 Å². The highest BCUT2D eigenvalue weighted by atomic mass is 19.4. The van der Waals surface area contributed by atoms with Crippen LogP contribution in [0.25, 0.3) is 28.2 Å². The number of nitrogens with one attached hydrogen (secondary N) is 2. The van der Waals surface area contributed by atoms with Crippen molar-refractivity contribution in [3.8, 4) is 22.5 Å². The lowest BCUT2D eigenvalue weighted by Crippen LogP contribution is -2.41. The predicted octanol–water partition coefficient (Wildman–Crippen LogP) is 3.51. The van der Waals surface area contributed by atoms with Crippen LogP contribution in [-0.2, 0) is 0 Å². The Morgan fingerprint density at radius 1 is 1.03 bits per heavy atom. The van der Waals surface area contributed by atoms with Crippen molar-refractivity contribution in [1.29, 1.82) is 0 Å². The largest absolute Gasteiger partial charge is 0.401 e. The summed E-state index contributed by atoms with van der Waals surface area (Å²) in [5, 5.41) is 23.1. The van der Waals surface area contributed by atoms with Crippen LogP contribution in [0, 0.1) is 0 Å². The zero-order valence-corrected chi connectivity index (χ0v) is 18.0. The maximum absolute atomic E-state index is 12.3. The van der Waals surface area contributed by atoms with E-state index in [0.717, 1.165) is 41.4 Å². The van der Waals surface area contributed by atoms with Gasteiger partial charge in [-0.15, -0.1) is 10.2 Å². The van der Waals surface area contributed by atoms with E-state index in [1.54, 1.807) is 24.4 Å². The van der Waals surface area contributed by atoms with Gasteiger partial charge in [0.05, 0.1) is 24.1 Å². The van der Waals surface area contributed by atoms with Gasteiger partial charge in [0.15, 0.2) is 12.2 Å². The van der Waals surface area contributed by atoms with Crippen molar-refractivity contribution in [3.63, 3.8) is 0 Å². The molecule has 1 saturated heterocycles. The number of alkyl halides is 3. The Morgan fingerprint density at radius 2 is 1.88 bits per heavy atom. The van der Waals surface area contributed by atoms with E-state index in [1.165, 1.54) is 6.42 Å². The second kappa shape index (κ2) is 8.92. The molecule has 0 aliphatic carbocycles. The molecule has 11 heteroatoms. The van der Waals surface area contributed by atoms with E-state index in [-0.39, 0.29) is 0 Å². The highest BCUT2D eigenvalue weighted by Gasteiger charge is 2.27. The molecule has 3 aromatic heterocycles. The third kappa shape index (κ3) is 4.80. The van der Waals surface area contributed by atoms with Gasteiger partial charge >= 0.3 is 6.18 Å². The van der Waals surface area contributed by atoms with Crippen molar-refractivity contribution in [2.75, 3.05) is 29.9 Å². The number of pyridine rings is 1. The topological polar surface area (TPSA) is 90.6 Å². The standard InChI is InChI=1S/C23H22F3N7O/c24-23(25,26)14-28-22(34)29-17-4-1-3-16(11-17)19-13-27-21-12-15(7-10-33(19)21)18-5-6-20(31-30-18)32-8-2-9-32/h1,3-7,10-13,22,28-29,34H,2,8-9,14H2. The first-order valence-corrected chi connectivity index (χ1v) is 10.8. The van der Waals surface area contributed by atoms with Crippen LogP contribution >= 0.6 is 0 Å². The minimum absolute atomic E-state index is 0.462. The summed E-state index contributed by atoms with van der Waals surface area (Å²) in [6.45, 7) is 0.717. The normalized spacial score (nSPS) is 14.8. The molecule has 1 unspecified atom stereocenters. The third-order valence-corrected chi connectivity index (χ3v) is 5.60. The molecule has 0 radical (unpaired) electrons. The van der Waals surface area contributed by atoms with Gasteiger partial charge in [0.2, 0.25) is 0 Å². The number of aliphatic hydroxyl groups excluding tert-OH is 1. The number of nitrogens with zero attached hydrogens (tertiary/aromatic N) is 5. The van der Waals surface area contributed by atoms with Gasteiger partial charge in [0.1, 0.15) is 5.65 Å². The van der Waals surface area contributed by atoms with E-state index < -0.39 is 19.1 Å². The molecule has 0 spiro atoms. The average Bonchev–Trinajstić information content (AvgIpc) is 3.20. The first-order valence-electron chi connectivity index (χ1n) is 10.8. The number of fused-ring (bicyclic) bond motifs is 1. The lowest BCUT2D eigenvalue weighted by Gasteiger charge is -2.31. The number of imidazole rings is 1. The summed E-state index contributed by atoms with van der Waals surface area (Å²) in [5.41, 5.74) is 4.40. The maximum Gasteiger partial charge on any atom is 0.401 e. The summed E-state index contributed by atoms with van der Waals surface area (Å²) in [6, 6.07) is 14.8. The van der Waals surface area contributed by atoms with Gasteiger partial charge in [-0.2, -0.15) is 13.2 Å². The summed E-state index contributed by atoms with van der Waals surface area (Å²) in [4.78, 5) is 6.67. The first-order chi connectivity index (χ1) is 16.4. The predicted molar refractivity (Wildman–Crippen MR) is 122 cm³/mol. The fourth-order valence-electron chi connectivity index (χ4n) is 3.74. The third-order valence-electron chi connectivity index (χ3n) is 5.60. The van der Waals surface area contributed by atoms with Crippen molar-refractivity contribution in [2.45, 2.75) is 18.9 Å². The molecular weight excluding hydrogens is 447 g/mol. The Balaban J connectivity index is 1.34. The van der Waals surface area contributed by atoms with E-state index in [4.69, 9.17) is 0 Å². The second-order valence-corrected chi connectivity index (χ2v) is 8.03. The number of aliphatic hydroxyl groups is 1. The molecule has 1 aliphatic rings.